The molecular weight excluding hydrogens is 368 g/mol. The Morgan fingerprint density at radius 2 is 2.20 bits per heavy atom. The molecule has 1 aliphatic heterocycles. The molecule has 1 aromatic heterocycles. The van der Waals surface area contributed by atoms with Gasteiger partial charge in [0.25, 0.3) is 5.91 Å². The number of carbonyl (C=O) groups excluding carboxylic acids is 1. The summed E-state index contributed by atoms with van der Waals surface area (Å²) < 4.78 is 35.8. The van der Waals surface area contributed by atoms with Gasteiger partial charge in [0.15, 0.2) is 0 Å². The van der Waals surface area contributed by atoms with Crippen LogP contribution in [0.25, 0.3) is 6.08 Å². The number of amides is 1. The number of halogens is 1. The molecule has 0 bridgehead atoms. The Balaban J connectivity index is 1.65. The van der Waals surface area contributed by atoms with Crippen LogP contribution in [-0.2, 0) is 20.6 Å². The van der Waals surface area contributed by atoms with Gasteiger partial charge in [0.2, 0.25) is 10.0 Å². The molecule has 0 saturated heterocycles. The van der Waals surface area contributed by atoms with Gasteiger partial charge >= 0.3 is 0 Å². The molecular formula is C16H13ClN2O5S. The van der Waals surface area contributed by atoms with Crippen molar-refractivity contribution in [1.29, 1.82) is 0 Å². The molecule has 0 fully saturated rings. The SMILES string of the molecule is O=C(/C=C\C1=Cc2cc(Cl)ccc2OC1)NS(=O)(=O)Cc1ccon1. The fraction of sp³-hybridized carbons (Fsp3) is 0.125. The molecule has 0 spiro atoms. The molecule has 7 nitrogen and oxygen atoms in total. The molecule has 2 aromatic rings. The van der Waals surface area contributed by atoms with Crippen LogP contribution < -0.4 is 9.46 Å². The lowest BCUT2D eigenvalue weighted by atomic mass is 10.1. The summed E-state index contributed by atoms with van der Waals surface area (Å²) in [6, 6.07) is 6.64. The normalized spacial score (nSPS) is 13.9. The van der Waals surface area contributed by atoms with Gasteiger partial charge in [-0.15, -0.1) is 0 Å². The Hall–Kier alpha value is -2.58. The molecule has 1 amide bonds. The highest BCUT2D eigenvalue weighted by atomic mass is 35.5. The predicted octanol–water partition coefficient (Wildman–Crippen LogP) is 2.31. The fourth-order valence-electron chi connectivity index (χ4n) is 2.18. The molecule has 0 unspecified atom stereocenters. The third-order valence-corrected chi connectivity index (χ3v) is 4.66. The zero-order chi connectivity index (χ0) is 17.9. The number of carbonyl (C=O) groups is 1. The van der Waals surface area contributed by atoms with E-state index in [-0.39, 0.29) is 12.3 Å². The van der Waals surface area contributed by atoms with Crippen LogP contribution in [0.15, 0.2) is 52.8 Å². The average Bonchev–Trinajstić information content (AvgIpc) is 3.04. The molecule has 0 saturated carbocycles. The van der Waals surface area contributed by atoms with Crippen molar-refractivity contribution in [2.24, 2.45) is 0 Å². The maximum atomic E-state index is 11.9. The lowest BCUT2D eigenvalue weighted by Crippen LogP contribution is -2.30. The van der Waals surface area contributed by atoms with Gasteiger partial charge < -0.3 is 9.26 Å². The van der Waals surface area contributed by atoms with Crippen LogP contribution in [0.3, 0.4) is 0 Å². The fourth-order valence-corrected chi connectivity index (χ4v) is 3.34. The number of nitrogens with zero attached hydrogens (tertiary/aromatic N) is 1. The van der Waals surface area contributed by atoms with E-state index < -0.39 is 21.7 Å². The second-order valence-electron chi connectivity index (χ2n) is 5.24. The minimum Gasteiger partial charge on any atom is -0.488 e. The zero-order valence-corrected chi connectivity index (χ0v) is 14.4. The first-order valence-corrected chi connectivity index (χ1v) is 9.19. The van der Waals surface area contributed by atoms with Crippen LogP contribution >= 0.6 is 11.6 Å². The summed E-state index contributed by atoms with van der Waals surface area (Å²) in [6.45, 7) is 0.268. The van der Waals surface area contributed by atoms with Crippen molar-refractivity contribution in [3.05, 3.63) is 64.5 Å². The van der Waals surface area contributed by atoms with Crippen molar-refractivity contribution in [1.82, 2.24) is 9.88 Å². The highest BCUT2D eigenvalue weighted by Gasteiger charge is 2.16. The van der Waals surface area contributed by atoms with Crippen LogP contribution in [0.2, 0.25) is 5.02 Å². The minimum atomic E-state index is -3.85. The molecule has 2 heterocycles. The van der Waals surface area contributed by atoms with Gasteiger partial charge in [0.05, 0.1) is 0 Å². The van der Waals surface area contributed by atoms with Gasteiger partial charge in [-0.25, -0.2) is 13.1 Å². The van der Waals surface area contributed by atoms with E-state index in [0.29, 0.717) is 16.3 Å². The number of fused-ring (bicyclic) bond motifs is 1. The van der Waals surface area contributed by atoms with E-state index >= 15 is 0 Å². The van der Waals surface area contributed by atoms with Crippen LogP contribution in [0.4, 0.5) is 0 Å². The number of hydrogen-bond donors (Lipinski definition) is 1. The summed E-state index contributed by atoms with van der Waals surface area (Å²) >= 11 is 5.94. The zero-order valence-electron chi connectivity index (χ0n) is 12.8. The molecule has 25 heavy (non-hydrogen) atoms. The smallest absolute Gasteiger partial charge is 0.257 e. The number of benzene rings is 1. The van der Waals surface area contributed by atoms with E-state index in [4.69, 9.17) is 16.3 Å². The van der Waals surface area contributed by atoms with Crippen molar-refractivity contribution < 1.29 is 22.5 Å². The summed E-state index contributed by atoms with van der Waals surface area (Å²) in [5.74, 6) is -0.511. The number of rotatable bonds is 5. The number of ether oxygens (including phenoxy) is 1. The molecule has 0 atom stereocenters. The first-order valence-electron chi connectivity index (χ1n) is 7.16. The third-order valence-electron chi connectivity index (χ3n) is 3.24. The Morgan fingerprint density at radius 1 is 1.36 bits per heavy atom. The molecule has 1 aliphatic rings. The highest BCUT2D eigenvalue weighted by Crippen LogP contribution is 2.29. The van der Waals surface area contributed by atoms with Crippen LogP contribution in [0.5, 0.6) is 5.75 Å². The lowest BCUT2D eigenvalue weighted by Gasteiger charge is -2.16. The molecule has 9 heteroatoms. The molecule has 0 radical (unpaired) electrons. The molecule has 0 aliphatic carbocycles. The summed E-state index contributed by atoms with van der Waals surface area (Å²) in [6.07, 6.45) is 5.69. The average molecular weight is 381 g/mol. The van der Waals surface area contributed by atoms with Crippen LogP contribution in [0, 0.1) is 0 Å². The topological polar surface area (TPSA) is 98.5 Å². The van der Waals surface area contributed by atoms with E-state index in [9.17, 15) is 13.2 Å². The Morgan fingerprint density at radius 3 is 2.96 bits per heavy atom. The third kappa shape index (κ3) is 4.71. The van der Waals surface area contributed by atoms with E-state index in [0.717, 1.165) is 11.6 Å². The second-order valence-corrected chi connectivity index (χ2v) is 7.40. The van der Waals surface area contributed by atoms with Crippen LogP contribution in [-0.4, -0.2) is 26.1 Å². The Kier molecular flexibility index (Phi) is 4.91. The van der Waals surface area contributed by atoms with Crippen molar-refractivity contribution in [2.75, 3.05) is 6.61 Å². The first kappa shape index (κ1) is 17.2. The highest BCUT2D eigenvalue weighted by molar-refractivity contribution is 7.89. The van der Waals surface area contributed by atoms with Gasteiger partial charge in [-0.05, 0) is 29.8 Å². The number of hydrogen-bond acceptors (Lipinski definition) is 6. The quantitative estimate of drug-likeness (QED) is 0.799. The Labute approximate surface area is 149 Å². The maximum absolute atomic E-state index is 11.9. The predicted molar refractivity (Wildman–Crippen MR) is 91.3 cm³/mol. The van der Waals surface area contributed by atoms with Crippen molar-refractivity contribution in [2.45, 2.75) is 5.75 Å². The summed E-state index contributed by atoms with van der Waals surface area (Å²) in [7, 11) is -3.85. The first-order chi connectivity index (χ1) is 11.9. The van der Waals surface area contributed by atoms with Crippen molar-refractivity contribution >= 4 is 33.6 Å². The molecule has 130 valence electrons. The van der Waals surface area contributed by atoms with E-state index in [1.165, 1.54) is 18.4 Å². The van der Waals surface area contributed by atoms with E-state index in [1.54, 1.807) is 18.2 Å². The Bertz CT molecular complexity index is 949. The largest absolute Gasteiger partial charge is 0.488 e. The minimum absolute atomic E-state index is 0.209. The number of aromatic nitrogens is 1. The molecule has 1 aromatic carbocycles. The van der Waals surface area contributed by atoms with Gasteiger partial charge in [0.1, 0.15) is 30.1 Å². The molecule has 1 N–H and O–H groups in total. The van der Waals surface area contributed by atoms with Gasteiger partial charge in [0, 0.05) is 22.7 Å². The maximum Gasteiger partial charge on any atom is 0.257 e. The summed E-state index contributed by atoms with van der Waals surface area (Å²) in [5, 5.41) is 4.07. The van der Waals surface area contributed by atoms with Gasteiger partial charge in [-0.2, -0.15) is 0 Å². The standard InChI is InChI=1S/C16H13ClN2O5S/c17-13-2-3-15-12(8-13)7-11(9-23-15)1-4-16(20)19-25(21,22)10-14-5-6-24-18-14/h1-8H,9-10H2,(H,19,20)/b4-1-. The van der Waals surface area contributed by atoms with Crippen molar-refractivity contribution in [3.8, 4) is 5.75 Å². The van der Waals surface area contributed by atoms with Crippen molar-refractivity contribution in [3.63, 3.8) is 0 Å². The summed E-state index contributed by atoms with van der Waals surface area (Å²) in [5.41, 5.74) is 1.71. The van der Waals surface area contributed by atoms with E-state index in [2.05, 4.69) is 9.68 Å². The second kappa shape index (κ2) is 7.12. The lowest BCUT2D eigenvalue weighted by molar-refractivity contribution is -0.114. The van der Waals surface area contributed by atoms with Crippen LogP contribution in [0.1, 0.15) is 11.3 Å². The summed E-state index contributed by atoms with van der Waals surface area (Å²) in [4.78, 5) is 11.8. The number of sulfonamides is 1. The molecule has 3 rings (SSSR count). The monoisotopic (exact) mass is 380 g/mol. The number of nitrogens with one attached hydrogen (secondary N) is 1. The van der Waals surface area contributed by atoms with Gasteiger partial charge in [-0.1, -0.05) is 22.8 Å². The van der Waals surface area contributed by atoms with E-state index in [1.807, 2.05) is 10.8 Å². The van der Waals surface area contributed by atoms with Gasteiger partial charge in [-0.3, -0.25) is 4.79 Å².